The zero-order valence-corrected chi connectivity index (χ0v) is 96.8. The van der Waals surface area contributed by atoms with Crippen LogP contribution in [0, 0.1) is 0 Å². The number of rotatable bonds is 18. The van der Waals surface area contributed by atoms with Crippen LogP contribution in [-0.2, 0) is 142 Å². The van der Waals surface area contributed by atoms with Gasteiger partial charge in [0.05, 0.1) is 102 Å². The van der Waals surface area contributed by atoms with Gasteiger partial charge in [0, 0.05) is 35.5 Å². The maximum absolute atomic E-state index is 15.0. The molecule has 38 nitrogen and oxygen atoms in total. The number of ketones is 1. The summed E-state index contributed by atoms with van der Waals surface area (Å²) in [5, 5.41) is 23.9. The summed E-state index contributed by atoms with van der Waals surface area (Å²) in [6, 6.07) is 18.1. The van der Waals surface area contributed by atoms with Crippen LogP contribution >= 0.6 is 49.4 Å². The van der Waals surface area contributed by atoms with Gasteiger partial charge in [0.15, 0.2) is 71.2 Å². The van der Waals surface area contributed by atoms with Crippen molar-refractivity contribution in [3.8, 4) is 0 Å². The molecule has 6 N–H and O–H groups in total. The molecule has 10 aromatic rings. The third-order valence-electron chi connectivity index (χ3n) is 27.5. The molecule has 7 aliphatic heterocycles. The molecule has 0 saturated carbocycles. The van der Waals surface area contributed by atoms with E-state index in [1.807, 2.05) is 41.2 Å². The minimum Gasteiger partial charge on any atom is -0.780 e. The van der Waals surface area contributed by atoms with Gasteiger partial charge in [-0.15, -0.1) is 0 Å². The maximum atomic E-state index is 15.0. The van der Waals surface area contributed by atoms with Crippen LogP contribution in [0.5, 0.6) is 0 Å². The number of amides is 1. The summed E-state index contributed by atoms with van der Waals surface area (Å²) in [6.07, 6.45) is -0.208. The molecule has 15 heterocycles. The van der Waals surface area contributed by atoms with Crippen molar-refractivity contribution in [1.82, 2.24) is 68.1 Å². The molecule has 0 radical (unpaired) electrons. The molecule has 18 rings (SSSR count). The molecule has 4 unspecified atom stereocenters. The number of aliphatic hydroxyl groups excluding tert-OH is 2. The second-order valence-corrected chi connectivity index (χ2v) is 63.6. The van der Waals surface area contributed by atoms with Crippen LogP contribution in [0.25, 0.3) is 44.4 Å². The molecule has 6 fully saturated rings. The first-order valence-electron chi connectivity index (χ1n) is 46.7. The number of aryl methyl sites for hydroxylation is 3. The molecule has 6 saturated heterocycles. The number of ether oxygens (including phenoxy) is 4. The monoisotopic (exact) mass is 2170 g/mol. The first-order chi connectivity index (χ1) is 65.4. The van der Waals surface area contributed by atoms with E-state index in [0.717, 1.165) is 47.9 Å². The molecule has 52 heteroatoms. The van der Waals surface area contributed by atoms with Gasteiger partial charge >= 0.3 is 59.1 Å². The number of nitrogen functional groups attached to an aromatic ring is 1. The summed E-state index contributed by atoms with van der Waals surface area (Å²) in [7, 11) is -5.42. The molecule has 8 aromatic heterocycles. The van der Waals surface area contributed by atoms with Gasteiger partial charge in [-0.25, -0.2) is 49.8 Å². The van der Waals surface area contributed by atoms with Crippen LogP contribution in [0.1, 0.15) is 170 Å². The van der Waals surface area contributed by atoms with Crippen molar-refractivity contribution in [3.63, 3.8) is 0 Å². The van der Waals surface area contributed by atoms with Gasteiger partial charge in [0.25, 0.3) is 5.91 Å². The predicted molar refractivity (Wildman–Crippen MR) is 544 cm³/mol. The Morgan fingerprint density at radius 2 is 1.00 bits per heavy atom. The number of fused-ring (bicyclic) bond motifs is 8. The number of anilines is 2. The molecule has 140 heavy (non-hydrogen) atoms. The topological polar surface area (TPSA) is 431 Å². The van der Waals surface area contributed by atoms with Crippen LogP contribution in [0.15, 0.2) is 111 Å². The summed E-state index contributed by atoms with van der Waals surface area (Å²) >= 11 is 32.5. The van der Waals surface area contributed by atoms with Gasteiger partial charge in [-0.05, 0) is 163 Å². The van der Waals surface area contributed by atoms with E-state index in [1.165, 1.54) is 75.5 Å². The van der Waals surface area contributed by atoms with Crippen molar-refractivity contribution in [1.29, 1.82) is 0 Å². The smallest absolute Gasteiger partial charge is 0.780 e. The molecular weight excluding hydrogens is 2050 g/mol. The van der Waals surface area contributed by atoms with Gasteiger partial charge in [-0.1, -0.05) is 126 Å². The van der Waals surface area contributed by atoms with Crippen LogP contribution in [0.3, 0.4) is 0 Å². The Bertz CT molecular complexity index is 6160. The standard InChI is InChI=1S/C51H66N8O11P2S3Si2.C25H30N8O9P2S3.2C6H15N.2Na/c1-50(2,3)76(7,8)69-41-37-26-63-71(62,73)67-40-36(27-64-72(74,75)68-42(41)48(66-37)59-30-56-39-34(52-28-55-46(39)59)24-35(60)31-18-13-11-14-19-31)65-49(43(40)70-77(9,10)51(4,5)6)58-25-33-22-17-23-57(44-38(33)45(58)54-29-53-44)47(61)32-20-15-12-16-21-32;26-21-16-23(30-9-28-21)33(10-31-16)25-20-17(34)13(39-25)6-37-43(36,45)41-19-14(7-38-44(46,47)42-20)40-24(18(19)35)32-5-11-3-1-2-4-12-15(11)22(32)29-8-27-12;2*1-4-7(5-2)6-3;;/h11-16,18-21,25,28-30,36-37,40-43,48-49H,17,22-24,26-27H2,1-10H3,(H,62,73)(H,74,75);5,8-10,13-14,17-20,24-25,34-35H,1-4,6-7H2,(H,36,45)(H,46,47)(H2,26,28,30);2*4-6H2,1-3H3;;/q;;;;2*+1/t36-,37-,40-,41-,42-,43-,48-,49-,71?;13-,14-,17-,18-,19-,20-,24-,25-,43?;;;;/m11..../s1. The normalized spacial score (nSPS) is 29.6. The summed E-state index contributed by atoms with van der Waals surface area (Å²) in [5.74, 6) is 0.308. The van der Waals surface area contributed by atoms with Crippen molar-refractivity contribution < 1.29 is 162 Å². The maximum Gasteiger partial charge on any atom is 1.00 e. The predicted octanol–water partition coefficient (Wildman–Crippen LogP) is 5.17. The number of thiol groups is 2. The van der Waals surface area contributed by atoms with E-state index < -0.39 is 146 Å². The van der Waals surface area contributed by atoms with Gasteiger partial charge < -0.3 is 116 Å². The zero-order chi connectivity index (χ0) is 99.1. The van der Waals surface area contributed by atoms with Gasteiger partial charge in [0.2, 0.25) is 11.4 Å². The molecule has 8 aliphatic rings. The average molecular weight is 2170 g/mol. The summed E-state index contributed by atoms with van der Waals surface area (Å²) in [6.45, 7) is 32.3. The largest absolute Gasteiger partial charge is 1.00 e. The SMILES string of the molecule is CC(C)(C)[Si](C)(C)O[C@@H]1[C@@H]2OP([O-])(=S)OC[C@H]3O[C@@H](n4cnc5c(CC(=O)c6ccccc6)ncnc54)[C@H](OP(=S)(S)OC[C@H]2O[C@H]1n1cc2c4c(ncnc41)N(C(=O)c1ccccc1)CCC2)[C@@H]3O[Si](C)(C)C(C)(C)C.CC[NH+](CC)CC.CC[NH+](CC)CC.Nc1ncnc2c1ncn2[C@@H]1O[C@@H]2COP(=O)([S-])O[C@H]3[C@@H](O)[C@H](n4cc5c6c(ncnc64)CCCC5)O[C@@H]3COP(=S)(S)O[C@@H]1[C@@H]2O.[Na+].[Na+]. The number of carbonyl (C=O) groups excluding carboxylic acids is 2. The average Bonchev–Trinajstić information content (AvgIpc) is 1.58. The van der Waals surface area contributed by atoms with Gasteiger partial charge in [-0.2, -0.15) is 0 Å². The summed E-state index contributed by atoms with van der Waals surface area (Å²) in [5.41, 5.74) is 5.69. The molecule has 0 spiro atoms. The first kappa shape index (κ1) is 114. The molecular formula is C88H126N18Na2O20P4S6Si2+2. The van der Waals surface area contributed by atoms with E-state index >= 15 is 4.89 Å². The molecule has 752 valence electrons. The van der Waals surface area contributed by atoms with Crippen molar-refractivity contribution in [3.05, 3.63) is 145 Å². The number of hydrogen-bond acceptors (Lipinski definition) is 35. The van der Waals surface area contributed by atoms with E-state index in [9.17, 15) is 24.4 Å². The number of nitrogens with one attached hydrogen (secondary N) is 2. The van der Waals surface area contributed by atoms with E-state index in [-0.39, 0.29) is 113 Å². The number of quaternary nitrogens is 2. The molecule has 1 aliphatic carbocycles. The van der Waals surface area contributed by atoms with Crippen LogP contribution in [-0.4, -0.2) is 252 Å². The molecule has 1 amide bonds. The second kappa shape index (κ2) is 47.4. The fourth-order valence-corrected chi connectivity index (χ4v) is 27.1. The Hall–Kier alpha value is -3.38. The fraction of sp³-hybridized carbons (Fsp3) is 0.591. The van der Waals surface area contributed by atoms with Crippen molar-refractivity contribution in [2.75, 3.05) is 82.9 Å². The Kier molecular flexibility index (Phi) is 38.6. The zero-order valence-electron chi connectivity index (χ0n) is 82.2. The Labute approximate surface area is 893 Å². The quantitative estimate of drug-likeness (QED) is 0.0191. The minimum absolute atomic E-state index is 0. The number of Topliss-reactive ketones (excluding diaryl/α,β-unsaturated/α-hetero) is 1. The van der Waals surface area contributed by atoms with E-state index in [1.54, 1.807) is 66.6 Å². The number of nitrogens with zero attached hydrogens (tertiary/aromatic N) is 15. The number of benzene rings is 2. The Morgan fingerprint density at radius 1 is 0.529 bits per heavy atom. The van der Waals surface area contributed by atoms with Gasteiger partial charge in [-0.3, -0.25) is 28.2 Å². The van der Waals surface area contributed by atoms with Crippen LogP contribution in [0.2, 0.25) is 36.3 Å². The Morgan fingerprint density at radius 3 is 1.60 bits per heavy atom. The number of aliphatic hydroxyl groups is 2. The van der Waals surface area contributed by atoms with E-state index in [2.05, 4.69) is 156 Å². The van der Waals surface area contributed by atoms with Crippen LogP contribution < -0.4 is 84.4 Å². The first-order valence-corrected chi connectivity index (χ1v) is 65.2. The van der Waals surface area contributed by atoms with Gasteiger partial charge in [0.1, 0.15) is 133 Å². The third-order valence-corrected chi connectivity index (χ3v) is 43.9. The number of carbonyl (C=O) groups is 2. The number of imidazole rings is 2. The van der Waals surface area contributed by atoms with Crippen molar-refractivity contribution in [2.24, 2.45) is 0 Å². The minimum atomic E-state index is -4.49. The Balaban J connectivity index is 0.000000221. The van der Waals surface area contributed by atoms with E-state index in [4.69, 9.17) is 145 Å². The van der Waals surface area contributed by atoms with E-state index in [0.29, 0.717) is 81.0 Å². The number of aromatic nitrogens is 14. The molecule has 20 atom stereocenters. The molecule has 4 bridgehead atoms. The molecule has 2 aromatic carbocycles. The second-order valence-electron chi connectivity index (χ2n) is 38.2. The summed E-state index contributed by atoms with van der Waals surface area (Å²) < 4.78 is 111. The summed E-state index contributed by atoms with van der Waals surface area (Å²) in [4.78, 5) is 92.4. The number of hydrogen-bond donors (Lipinski definition) is 7. The number of nitrogens with two attached hydrogens (primary N) is 1. The third kappa shape index (κ3) is 25.4. The van der Waals surface area contributed by atoms with Crippen molar-refractivity contribution in [2.45, 2.75) is 262 Å². The van der Waals surface area contributed by atoms with Crippen LogP contribution in [0.4, 0.5) is 11.6 Å². The fourth-order valence-electron chi connectivity index (χ4n) is 17.7. The van der Waals surface area contributed by atoms with Crippen molar-refractivity contribution >= 4 is 181 Å².